The van der Waals surface area contributed by atoms with E-state index in [1.54, 1.807) is 18.2 Å². The van der Waals surface area contributed by atoms with Crippen molar-refractivity contribution >= 4 is 17.6 Å². The highest BCUT2D eigenvalue weighted by Crippen LogP contribution is 2.36. The van der Waals surface area contributed by atoms with Crippen molar-refractivity contribution in [2.45, 2.75) is 18.6 Å². The maximum atomic E-state index is 10.7. The van der Waals surface area contributed by atoms with Gasteiger partial charge in [0.15, 0.2) is 6.10 Å². The number of carbonyl (C=O) groups is 1. The number of carboxylic acids is 1. The topological polar surface area (TPSA) is 66.8 Å². The molecule has 1 aromatic rings. The van der Waals surface area contributed by atoms with E-state index in [-0.39, 0.29) is 6.42 Å². The van der Waals surface area contributed by atoms with Crippen molar-refractivity contribution in [1.29, 1.82) is 0 Å². The van der Waals surface area contributed by atoms with E-state index in [9.17, 15) is 9.90 Å². The van der Waals surface area contributed by atoms with Gasteiger partial charge in [-0.25, -0.2) is 4.79 Å². The summed E-state index contributed by atoms with van der Waals surface area (Å²) in [5, 5.41) is 19.0. The molecule has 1 heterocycles. The molecule has 1 aliphatic heterocycles. The second-order valence-electron chi connectivity index (χ2n) is 3.38. The Morgan fingerprint density at radius 1 is 1.53 bits per heavy atom. The van der Waals surface area contributed by atoms with Gasteiger partial charge in [-0.1, -0.05) is 11.6 Å². The largest absolute Gasteiger partial charge is 0.479 e. The normalized spacial score (nSPS) is 24.1. The van der Waals surface area contributed by atoms with Crippen LogP contribution in [0, 0.1) is 0 Å². The van der Waals surface area contributed by atoms with Crippen molar-refractivity contribution in [1.82, 2.24) is 0 Å². The molecule has 4 nitrogen and oxygen atoms in total. The standard InChI is InChI=1S/C10H9ClO4/c11-5-1-2-8-6(3-5)7(12)4-9(15-8)10(13)14/h1-3,7,9,12H,4H2,(H,13,14)/t7-,9+/m1/s1. The predicted octanol–water partition coefficient (Wildman–Crippen LogP) is 1.61. The molecule has 2 atom stereocenters. The van der Waals surface area contributed by atoms with Gasteiger partial charge < -0.3 is 14.9 Å². The minimum absolute atomic E-state index is 0.0443. The minimum Gasteiger partial charge on any atom is -0.479 e. The molecule has 0 aliphatic carbocycles. The fourth-order valence-corrected chi connectivity index (χ4v) is 1.75. The molecule has 0 bridgehead atoms. The Bertz CT molecular complexity index is 404. The third-order valence-electron chi connectivity index (χ3n) is 2.31. The fraction of sp³-hybridized carbons (Fsp3) is 0.300. The number of rotatable bonds is 1. The van der Waals surface area contributed by atoms with E-state index in [2.05, 4.69) is 0 Å². The third kappa shape index (κ3) is 1.91. The van der Waals surface area contributed by atoms with E-state index in [0.29, 0.717) is 16.3 Å². The van der Waals surface area contributed by atoms with Gasteiger partial charge >= 0.3 is 5.97 Å². The lowest BCUT2D eigenvalue weighted by molar-refractivity contribution is -0.147. The van der Waals surface area contributed by atoms with Gasteiger partial charge in [0.25, 0.3) is 0 Å². The Hall–Kier alpha value is -1.26. The lowest BCUT2D eigenvalue weighted by Gasteiger charge is -2.27. The van der Waals surface area contributed by atoms with Gasteiger partial charge in [0.1, 0.15) is 5.75 Å². The van der Waals surface area contributed by atoms with Crippen molar-refractivity contribution in [3.8, 4) is 5.75 Å². The van der Waals surface area contributed by atoms with Crippen LogP contribution in [0.5, 0.6) is 5.75 Å². The molecule has 0 fully saturated rings. The SMILES string of the molecule is O=C(O)[C@@H]1C[C@@H](O)c2cc(Cl)ccc2O1. The molecular formula is C10H9ClO4. The number of ether oxygens (including phenoxy) is 1. The molecule has 0 aromatic heterocycles. The molecule has 15 heavy (non-hydrogen) atoms. The van der Waals surface area contributed by atoms with Crippen molar-refractivity contribution in [2.75, 3.05) is 0 Å². The van der Waals surface area contributed by atoms with Crippen LogP contribution in [0.2, 0.25) is 5.02 Å². The van der Waals surface area contributed by atoms with Crippen LogP contribution >= 0.6 is 11.6 Å². The van der Waals surface area contributed by atoms with Crippen LogP contribution in [0.1, 0.15) is 18.1 Å². The Balaban J connectivity index is 2.36. The van der Waals surface area contributed by atoms with Crippen molar-refractivity contribution in [3.05, 3.63) is 28.8 Å². The average molecular weight is 229 g/mol. The first-order chi connectivity index (χ1) is 7.08. The van der Waals surface area contributed by atoms with Gasteiger partial charge in [-0.15, -0.1) is 0 Å². The second kappa shape index (κ2) is 3.72. The fourth-order valence-electron chi connectivity index (χ4n) is 1.57. The molecule has 2 N–H and O–H groups in total. The number of carboxylic acid groups (broad SMARTS) is 1. The molecule has 2 rings (SSSR count). The summed E-state index contributed by atoms with van der Waals surface area (Å²) < 4.78 is 5.20. The van der Waals surface area contributed by atoms with Crippen LogP contribution in [-0.4, -0.2) is 22.3 Å². The van der Waals surface area contributed by atoms with Crippen molar-refractivity contribution in [3.63, 3.8) is 0 Å². The Morgan fingerprint density at radius 2 is 2.27 bits per heavy atom. The van der Waals surface area contributed by atoms with Gasteiger partial charge in [-0.3, -0.25) is 0 Å². The summed E-state index contributed by atoms with van der Waals surface area (Å²) in [4.78, 5) is 10.7. The number of benzene rings is 1. The Labute approximate surface area is 91.1 Å². The molecule has 1 aromatic carbocycles. The first kappa shape index (κ1) is 10.3. The van der Waals surface area contributed by atoms with Crippen LogP contribution < -0.4 is 4.74 Å². The molecule has 0 spiro atoms. The quantitative estimate of drug-likeness (QED) is 0.766. The lowest BCUT2D eigenvalue weighted by atomic mass is 9.99. The van der Waals surface area contributed by atoms with E-state index in [1.807, 2.05) is 0 Å². The summed E-state index contributed by atoms with van der Waals surface area (Å²) >= 11 is 5.76. The molecule has 0 unspecified atom stereocenters. The molecule has 5 heteroatoms. The van der Waals surface area contributed by atoms with E-state index in [1.165, 1.54) is 0 Å². The minimum atomic E-state index is -1.07. The van der Waals surface area contributed by atoms with Crippen LogP contribution in [0.15, 0.2) is 18.2 Å². The smallest absolute Gasteiger partial charge is 0.345 e. The summed E-state index contributed by atoms with van der Waals surface area (Å²) in [6.45, 7) is 0. The van der Waals surface area contributed by atoms with Gasteiger partial charge in [-0.05, 0) is 18.2 Å². The van der Waals surface area contributed by atoms with Gasteiger partial charge in [0, 0.05) is 17.0 Å². The summed E-state index contributed by atoms with van der Waals surface area (Å²) in [5.74, 6) is -0.694. The van der Waals surface area contributed by atoms with Crippen LogP contribution in [-0.2, 0) is 4.79 Å². The molecular weight excluding hydrogens is 220 g/mol. The van der Waals surface area contributed by atoms with Gasteiger partial charge in [0.2, 0.25) is 0 Å². The zero-order chi connectivity index (χ0) is 11.0. The zero-order valence-electron chi connectivity index (χ0n) is 7.68. The molecule has 0 saturated carbocycles. The number of hydrogen-bond acceptors (Lipinski definition) is 3. The van der Waals surface area contributed by atoms with Gasteiger partial charge in [-0.2, -0.15) is 0 Å². The molecule has 0 saturated heterocycles. The Morgan fingerprint density at radius 3 is 2.93 bits per heavy atom. The van der Waals surface area contributed by atoms with E-state index >= 15 is 0 Å². The lowest BCUT2D eigenvalue weighted by Crippen LogP contribution is -2.32. The van der Waals surface area contributed by atoms with E-state index < -0.39 is 18.2 Å². The summed E-state index contributed by atoms with van der Waals surface area (Å²) in [7, 11) is 0. The number of aliphatic carboxylic acids is 1. The first-order valence-electron chi connectivity index (χ1n) is 4.45. The molecule has 1 aliphatic rings. The van der Waals surface area contributed by atoms with Crippen LogP contribution in [0.4, 0.5) is 0 Å². The average Bonchev–Trinajstić information content (AvgIpc) is 2.18. The number of halogens is 1. The maximum Gasteiger partial charge on any atom is 0.345 e. The van der Waals surface area contributed by atoms with Crippen LogP contribution in [0.25, 0.3) is 0 Å². The number of hydrogen-bond donors (Lipinski definition) is 2. The molecule has 0 amide bonds. The molecule has 80 valence electrons. The highest BCUT2D eigenvalue weighted by molar-refractivity contribution is 6.30. The summed E-state index contributed by atoms with van der Waals surface area (Å²) in [6.07, 6.45) is -1.79. The number of aliphatic hydroxyl groups is 1. The highest BCUT2D eigenvalue weighted by Gasteiger charge is 2.31. The monoisotopic (exact) mass is 228 g/mol. The van der Waals surface area contributed by atoms with E-state index in [4.69, 9.17) is 21.4 Å². The summed E-state index contributed by atoms with van der Waals surface area (Å²) in [5.41, 5.74) is 0.542. The second-order valence-corrected chi connectivity index (χ2v) is 3.81. The number of aliphatic hydroxyl groups excluding tert-OH is 1. The molecule has 0 radical (unpaired) electrons. The van der Waals surface area contributed by atoms with Crippen molar-refractivity contribution in [2.24, 2.45) is 0 Å². The Kier molecular flexibility index (Phi) is 2.54. The predicted molar refractivity (Wildman–Crippen MR) is 53.1 cm³/mol. The van der Waals surface area contributed by atoms with Crippen LogP contribution in [0.3, 0.4) is 0 Å². The summed E-state index contributed by atoms with van der Waals surface area (Å²) in [6, 6.07) is 4.74. The first-order valence-corrected chi connectivity index (χ1v) is 4.82. The third-order valence-corrected chi connectivity index (χ3v) is 2.55. The van der Waals surface area contributed by atoms with Gasteiger partial charge in [0.05, 0.1) is 6.10 Å². The highest BCUT2D eigenvalue weighted by atomic mass is 35.5. The number of fused-ring (bicyclic) bond motifs is 1. The maximum absolute atomic E-state index is 10.7. The van der Waals surface area contributed by atoms with Crippen molar-refractivity contribution < 1.29 is 19.7 Å². The van der Waals surface area contributed by atoms with E-state index in [0.717, 1.165) is 0 Å². The zero-order valence-corrected chi connectivity index (χ0v) is 8.44.